The molecular formula is C26H31FN8O. The molecule has 1 fully saturated rings. The molecule has 5 rings (SSSR count). The van der Waals surface area contributed by atoms with Crippen LogP contribution in [0.15, 0.2) is 41.6 Å². The summed E-state index contributed by atoms with van der Waals surface area (Å²) < 4.78 is 18.9. The third-order valence-electron chi connectivity index (χ3n) is 7.64. The Morgan fingerprint density at radius 2 is 1.97 bits per heavy atom. The molecule has 0 aromatic carbocycles. The molecule has 0 aliphatic carbocycles. The molecule has 0 saturated carbocycles. The molecule has 5 heterocycles. The average Bonchev–Trinajstić information content (AvgIpc) is 3.48. The Morgan fingerprint density at radius 1 is 1.19 bits per heavy atom. The molecule has 0 unspecified atom stereocenters. The Morgan fingerprint density at radius 3 is 2.69 bits per heavy atom. The molecule has 10 heteroatoms. The molecule has 0 N–H and O–H groups in total. The summed E-state index contributed by atoms with van der Waals surface area (Å²) in [6.07, 6.45) is 6.65. The maximum atomic E-state index is 14.2. The van der Waals surface area contributed by atoms with E-state index >= 15 is 0 Å². The average molecular weight is 491 g/mol. The van der Waals surface area contributed by atoms with Crippen molar-refractivity contribution < 1.29 is 4.39 Å². The zero-order chi connectivity index (χ0) is 25.6. The van der Waals surface area contributed by atoms with Crippen LogP contribution in [-0.2, 0) is 13.6 Å². The van der Waals surface area contributed by atoms with E-state index < -0.39 is 0 Å². The summed E-state index contributed by atoms with van der Waals surface area (Å²) in [7, 11) is 1.73. The molecule has 0 radical (unpaired) electrons. The van der Waals surface area contributed by atoms with Gasteiger partial charge in [-0.25, -0.2) is 8.91 Å². The van der Waals surface area contributed by atoms with Gasteiger partial charge in [-0.15, -0.1) is 0 Å². The second-order valence-electron chi connectivity index (χ2n) is 9.58. The lowest BCUT2D eigenvalue weighted by molar-refractivity contribution is 0.101. The molecular weight excluding hydrogens is 459 g/mol. The number of piperazine rings is 1. The normalized spacial score (nSPS) is 19.7. The van der Waals surface area contributed by atoms with Gasteiger partial charge in [0.25, 0.3) is 5.56 Å². The van der Waals surface area contributed by atoms with Crippen LogP contribution in [0.4, 0.5) is 10.1 Å². The Kier molecular flexibility index (Phi) is 6.26. The third kappa shape index (κ3) is 3.93. The van der Waals surface area contributed by atoms with E-state index in [-0.39, 0.29) is 36.0 Å². The highest BCUT2D eigenvalue weighted by molar-refractivity contribution is 5.88. The Hall–Kier alpha value is -3.71. The zero-order valence-electron chi connectivity index (χ0n) is 21.1. The summed E-state index contributed by atoms with van der Waals surface area (Å²) in [5.74, 6) is -0.321. The lowest BCUT2D eigenvalue weighted by Gasteiger charge is -2.49. The fourth-order valence-electron chi connectivity index (χ4n) is 5.48. The molecule has 188 valence electrons. The lowest BCUT2D eigenvalue weighted by Crippen LogP contribution is -2.58. The first-order chi connectivity index (χ1) is 17.4. The van der Waals surface area contributed by atoms with Gasteiger partial charge in [0.05, 0.1) is 29.7 Å². The highest BCUT2D eigenvalue weighted by Crippen LogP contribution is 2.34. The summed E-state index contributed by atoms with van der Waals surface area (Å²) in [4.78, 5) is 17.7. The third-order valence-corrected chi connectivity index (χ3v) is 7.64. The zero-order valence-corrected chi connectivity index (χ0v) is 21.1. The molecule has 1 aliphatic rings. The minimum Gasteiger partial charge on any atom is -0.364 e. The van der Waals surface area contributed by atoms with Crippen molar-refractivity contribution in [2.75, 3.05) is 18.0 Å². The number of halogens is 1. The van der Waals surface area contributed by atoms with Crippen molar-refractivity contribution >= 4 is 22.2 Å². The van der Waals surface area contributed by atoms with Gasteiger partial charge in [0.15, 0.2) is 5.82 Å². The van der Waals surface area contributed by atoms with Crippen LogP contribution in [0.1, 0.15) is 45.2 Å². The molecule has 1 aliphatic heterocycles. The van der Waals surface area contributed by atoms with Crippen LogP contribution >= 0.6 is 0 Å². The Labute approximate surface area is 208 Å². The van der Waals surface area contributed by atoms with Crippen molar-refractivity contribution in [2.45, 2.75) is 58.3 Å². The minimum absolute atomic E-state index is 0.0870. The first-order valence-electron chi connectivity index (χ1n) is 12.5. The van der Waals surface area contributed by atoms with Crippen molar-refractivity contribution in [3.05, 3.63) is 58.5 Å². The highest BCUT2D eigenvalue weighted by Gasteiger charge is 2.36. The number of hydrogen-bond acceptors (Lipinski definition) is 6. The van der Waals surface area contributed by atoms with Crippen LogP contribution in [0, 0.1) is 17.1 Å². The van der Waals surface area contributed by atoms with E-state index in [1.54, 1.807) is 33.1 Å². The molecule has 9 nitrogen and oxygen atoms in total. The highest BCUT2D eigenvalue weighted by atomic mass is 19.1. The molecule has 36 heavy (non-hydrogen) atoms. The number of rotatable bonds is 6. The van der Waals surface area contributed by atoms with Gasteiger partial charge in [-0.1, -0.05) is 13.8 Å². The molecule has 1 saturated heterocycles. The van der Waals surface area contributed by atoms with Crippen molar-refractivity contribution in [1.82, 2.24) is 28.9 Å². The van der Waals surface area contributed by atoms with E-state index in [9.17, 15) is 9.18 Å². The largest absolute Gasteiger partial charge is 0.364 e. The maximum Gasteiger partial charge on any atom is 0.252 e. The molecule has 0 bridgehead atoms. The van der Waals surface area contributed by atoms with Gasteiger partial charge in [-0.2, -0.15) is 15.5 Å². The summed E-state index contributed by atoms with van der Waals surface area (Å²) in [5, 5.41) is 17.9. The SMILES string of the molecule is CC[C@H]1CN([C@H](C)c2ccn3ncc(F)c3c2)[C@H](CC)CN1c1cc(=O)n(C)c2cn(CC#N)nc12. The number of pyridine rings is 2. The van der Waals surface area contributed by atoms with E-state index in [2.05, 4.69) is 46.8 Å². The Balaban J connectivity index is 1.51. The number of nitrogens with zero attached hydrogens (tertiary/aromatic N) is 8. The fraction of sp³-hybridized carbons (Fsp3) is 0.462. The van der Waals surface area contributed by atoms with Crippen LogP contribution in [0.3, 0.4) is 0 Å². The predicted molar refractivity (Wildman–Crippen MR) is 136 cm³/mol. The molecule has 0 spiro atoms. The quantitative estimate of drug-likeness (QED) is 0.411. The molecule has 0 amide bonds. The fourth-order valence-corrected chi connectivity index (χ4v) is 5.48. The summed E-state index contributed by atoms with van der Waals surface area (Å²) in [6, 6.07) is 8.19. The van der Waals surface area contributed by atoms with Crippen LogP contribution in [0.25, 0.3) is 16.6 Å². The monoisotopic (exact) mass is 490 g/mol. The van der Waals surface area contributed by atoms with Gasteiger partial charge < -0.3 is 9.47 Å². The number of aryl methyl sites for hydroxylation is 1. The summed E-state index contributed by atoms with van der Waals surface area (Å²) in [5.41, 5.74) is 3.73. The van der Waals surface area contributed by atoms with Gasteiger partial charge in [-0.3, -0.25) is 14.4 Å². The first kappa shape index (κ1) is 24.0. The van der Waals surface area contributed by atoms with Crippen LogP contribution < -0.4 is 10.5 Å². The summed E-state index contributed by atoms with van der Waals surface area (Å²) in [6.45, 7) is 8.19. The topological polar surface area (TPSA) is 87.4 Å². The van der Waals surface area contributed by atoms with Gasteiger partial charge >= 0.3 is 0 Å². The predicted octanol–water partition coefficient (Wildman–Crippen LogP) is 3.49. The number of nitriles is 1. The van der Waals surface area contributed by atoms with E-state index in [0.717, 1.165) is 48.2 Å². The maximum absolute atomic E-state index is 14.2. The van der Waals surface area contributed by atoms with E-state index in [4.69, 9.17) is 5.26 Å². The molecule has 4 aromatic rings. The minimum atomic E-state index is -0.321. The number of aromatic nitrogens is 5. The van der Waals surface area contributed by atoms with Gasteiger partial charge in [0.1, 0.15) is 17.6 Å². The van der Waals surface area contributed by atoms with E-state index in [1.165, 1.54) is 6.20 Å². The van der Waals surface area contributed by atoms with Crippen molar-refractivity contribution in [1.29, 1.82) is 5.26 Å². The Bertz CT molecular complexity index is 1510. The van der Waals surface area contributed by atoms with Crippen molar-refractivity contribution in [3.8, 4) is 6.07 Å². The van der Waals surface area contributed by atoms with E-state index in [1.807, 2.05) is 18.3 Å². The smallest absolute Gasteiger partial charge is 0.252 e. The van der Waals surface area contributed by atoms with Crippen molar-refractivity contribution in [2.24, 2.45) is 7.05 Å². The van der Waals surface area contributed by atoms with Gasteiger partial charge in [0, 0.05) is 50.5 Å². The standard InChI is InChI=1S/C26H31FN8O/c1-5-19-15-34(23-12-25(36)31(4)24-16-32(10-8-28)30-26(23)24)20(6-2)14-33(19)17(3)18-7-9-35-22(11-18)21(27)13-29-35/h7,9,11-13,16-17,19-20H,5-6,10,14-15H2,1-4H3/t17-,19-,20+/m1/s1. The molecule has 4 aromatic heterocycles. The molecule has 3 atom stereocenters. The van der Waals surface area contributed by atoms with Gasteiger partial charge in [0.2, 0.25) is 0 Å². The number of anilines is 1. The second kappa shape index (κ2) is 9.39. The van der Waals surface area contributed by atoms with Crippen molar-refractivity contribution in [3.63, 3.8) is 0 Å². The number of hydrogen-bond donors (Lipinski definition) is 0. The van der Waals surface area contributed by atoms with Crippen LogP contribution in [0.5, 0.6) is 0 Å². The van der Waals surface area contributed by atoms with Gasteiger partial charge in [-0.05, 0) is 37.5 Å². The lowest BCUT2D eigenvalue weighted by atomic mass is 9.96. The summed E-state index contributed by atoms with van der Waals surface area (Å²) >= 11 is 0. The first-order valence-corrected chi connectivity index (χ1v) is 12.5. The number of fused-ring (bicyclic) bond motifs is 2. The van der Waals surface area contributed by atoms with E-state index in [0.29, 0.717) is 5.52 Å². The van der Waals surface area contributed by atoms with Crippen LogP contribution in [-0.4, -0.2) is 54.0 Å². The second-order valence-corrected chi connectivity index (χ2v) is 9.58. The van der Waals surface area contributed by atoms with Crippen LogP contribution in [0.2, 0.25) is 0 Å².